The molecule has 0 saturated heterocycles. The summed E-state index contributed by atoms with van der Waals surface area (Å²) in [5.41, 5.74) is 0. The molecular formula is C4H7N2O+. The van der Waals surface area contributed by atoms with Crippen molar-refractivity contribution in [2.45, 2.75) is 12.8 Å². The SMILES string of the molecule is O=N[N+]1=CCCC1. The van der Waals surface area contributed by atoms with Crippen LogP contribution in [0, 0.1) is 4.91 Å². The van der Waals surface area contributed by atoms with Gasteiger partial charge in [-0.2, -0.15) is 0 Å². The van der Waals surface area contributed by atoms with Gasteiger partial charge in [0.25, 0.3) is 0 Å². The Kier molecular flexibility index (Phi) is 1.15. The summed E-state index contributed by atoms with van der Waals surface area (Å²) in [5.74, 6) is 0. The zero-order valence-electron chi connectivity index (χ0n) is 4.00. The minimum Gasteiger partial charge on any atom is -0.0804 e. The summed E-state index contributed by atoms with van der Waals surface area (Å²) in [5, 5.41) is 2.72. The van der Waals surface area contributed by atoms with Gasteiger partial charge in [-0.1, -0.05) is 9.59 Å². The summed E-state index contributed by atoms with van der Waals surface area (Å²) in [6, 6.07) is 0. The second-order valence-corrected chi connectivity index (χ2v) is 1.57. The van der Waals surface area contributed by atoms with E-state index in [0.717, 1.165) is 19.4 Å². The van der Waals surface area contributed by atoms with Crippen molar-refractivity contribution in [1.29, 1.82) is 0 Å². The summed E-state index contributed by atoms with van der Waals surface area (Å²) >= 11 is 0. The molecule has 0 fully saturated rings. The predicted octanol–water partition coefficient (Wildman–Crippen LogP) is 0.545. The lowest BCUT2D eigenvalue weighted by Crippen LogP contribution is -1.95. The molecule has 1 aliphatic heterocycles. The molecule has 7 heavy (non-hydrogen) atoms. The first kappa shape index (κ1) is 4.43. The zero-order valence-corrected chi connectivity index (χ0v) is 4.00. The fraction of sp³-hybridized carbons (Fsp3) is 0.750. The Labute approximate surface area is 41.6 Å². The van der Waals surface area contributed by atoms with Gasteiger partial charge in [0.15, 0.2) is 12.8 Å². The van der Waals surface area contributed by atoms with Crippen LogP contribution in [0.4, 0.5) is 0 Å². The van der Waals surface area contributed by atoms with Gasteiger partial charge in [0.2, 0.25) is 5.29 Å². The third-order valence-corrected chi connectivity index (χ3v) is 1.04. The van der Waals surface area contributed by atoms with E-state index < -0.39 is 0 Å². The van der Waals surface area contributed by atoms with E-state index >= 15 is 0 Å². The third kappa shape index (κ3) is 0.824. The van der Waals surface area contributed by atoms with E-state index in [1.54, 1.807) is 0 Å². The molecule has 3 heteroatoms. The van der Waals surface area contributed by atoms with Crippen molar-refractivity contribution in [1.82, 2.24) is 0 Å². The highest BCUT2D eigenvalue weighted by Gasteiger charge is 2.09. The van der Waals surface area contributed by atoms with Crippen LogP contribution in [0.2, 0.25) is 0 Å². The van der Waals surface area contributed by atoms with Crippen molar-refractivity contribution in [3.8, 4) is 0 Å². The molecule has 0 aliphatic carbocycles. The van der Waals surface area contributed by atoms with Crippen molar-refractivity contribution in [3.63, 3.8) is 0 Å². The van der Waals surface area contributed by atoms with Gasteiger partial charge in [0.1, 0.15) is 0 Å². The minimum absolute atomic E-state index is 0.809. The highest BCUT2D eigenvalue weighted by Crippen LogP contribution is 1.94. The largest absolute Gasteiger partial charge is 0.239 e. The van der Waals surface area contributed by atoms with E-state index in [1.807, 2.05) is 6.21 Å². The van der Waals surface area contributed by atoms with Crippen LogP contribution in [0.25, 0.3) is 0 Å². The van der Waals surface area contributed by atoms with E-state index in [2.05, 4.69) is 5.29 Å². The van der Waals surface area contributed by atoms with E-state index in [1.165, 1.54) is 4.68 Å². The fourth-order valence-corrected chi connectivity index (χ4v) is 0.659. The van der Waals surface area contributed by atoms with Crippen LogP contribution in [-0.4, -0.2) is 17.4 Å². The molecule has 1 heterocycles. The first-order valence-electron chi connectivity index (χ1n) is 2.37. The maximum absolute atomic E-state index is 9.65. The van der Waals surface area contributed by atoms with Crippen molar-refractivity contribution in [2.75, 3.05) is 6.54 Å². The van der Waals surface area contributed by atoms with Crippen LogP contribution in [0.3, 0.4) is 0 Å². The van der Waals surface area contributed by atoms with E-state index in [4.69, 9.17) is 0 Å². The van der Waals surface area contributed by atoms with Gasteiger partial charge in [-0.15, -0.1) is 0 Å². The Morgan fingerprint density at radius 2 is 2.57 bits per heavy atom. The molecule has 0 aromatic heterocycles. The second-order valence-electron chi connectivity index (χ2n) is 1.57. The quantitative estimate of drug-likeness (QED) is 0.349. The van der Waals surface area contributed by atoms with Crippen LogP contribution in [-0.2, 0) is 0 Å². The summed E-state index contributed by atoms with van der Waals surface area (Å²) in [4.78, 5) is 9.65. The molecule has 0 N–H and O–H groups in total. The Hall–Kier alpha value is -0.730. The Bertz CT molecular complexity index is 108. The molecule has 0 radical (unpaired) electrons. The Morgan fingerprint density at radius 1 is 1.71 bits per heavy atom. The standard InChI is InChI=1S/C4H7N2O/c7-5-6-3-1-2-4-6/h3H,1-2,4H2/q+1. The van der Waals surface area contributed by atoms with Crippen molar-refractivity contribution in [2.24, 2.45) is 5.29 Å². The van der Waals surface area contributed by atoms with Crippen LogP contribution in [0.15, 0.2) is 5.29 Å². The molecule has 38 valence electrons. The lowest BCUT2D eigenvalue weighted by molar-refractivity contribution is -0.523. The molecule has 0 amide bonds. The van der Waals surface area contributed by atoms with Gasteiger partial charge in [-0.05, 0) is 0 Å². The molecule has 0 spiro atoms. The molecule has 0 saturated carbocycles. The van der Waals surface area contributed by atoms with Crippen LogP contribution < -0.4 is 0 Å². The topological polar surface area (TPSA) is 32.4 Å². The number of hydrogen-bond acceptors (Lipinski definition) is 2. The van der Waals surface area contributed by atoms with Gasteiger partial charge in [0, 0.05) is 12.8 Å². The lowest BCUT2D eigenvalue weighted by Gasteiger charge is -1.71. The van der Waals surface area contributed by atoms with E-state index in [-0.39, 0.29) is 0 Å². The highest BCUT2D eigenvalue weighted by molar-refractivity contribution is 5.52. The number of hydrogen-bond donors (Lipinski definition) is 0. The van der Waals surface area contributed by atoms with Gasteiger partial charge in [0.05, 0.1) is 0 Å². The summed E-state index contributed by atoms with van der Waals surface area (Å²) in [7, 11) is 0. The van der Waals surface area contributed by atoms with Gasteiger partial charge >= 0.3 is 0 Å². The van der Waals surface area contributed by atoms with Crippen LogP contribution in [0.5, 0.6) is 0 Å². The Balaban J connectivity index is 2.51. The second kappa shape index (κ2) is 1.82. The highest BCUT2D eigenvalue weighted by atomic mass is 16.3. The normalized spacial score (nSPS) is 19.1. The molecule has 0 aromatic carbocycles. The predicted molar refractivity (Wildman–Crippen MR) is 26.2 cm³/mol. The molecule has 0 unspecified atom stereocenters. The monoisotopic (exact) mass is 99.1 g/mol. The first-order chi connectivity index (χ1) is 3.43. The number of rotatable bonds is 1. The van der Waals surface area contributed by atoms with Gasteiger partial charge in [-0.25, -0.2) is 0 Å². The van der Waals surface area contributed by atoms with E-state index in [0.29, 0.717) is 0 Å². The van der Waals surface area contributed by atoms with Gasteiger partial charge in [-0.3, -0.25) is 0 Å². The first-order valence-corrected chi connectivity index (χ1v) is 2.37. The maximum Gasteiger partial charge on any atom is 0.239 e. The number of nitrogens with zero attached hydrogens (tertiary/aromatic N) is 2. The summed E-state index contributed by atoms with van der Waals surface area (Å²) < 4.78 is 1.43. The average molecular weight is 99.1 g/mol. The number of nitroso groups, excluding NO2 is 1. The van der Waals surface area contributed by atoms with Crippen molar-refractivity contribution in [3.05, 3.63) is 4.91 Å². The molecule has 3 nitrogen and oxygen atoms in total. The molecule has 0 bridgehead atoms. The smallest absolute Gasteiger partial charge is 0.0804 e. The summed E-state index contributed by atoms with van der Waals surface area (Å²) in [6.45, 7) is 0.809. The lowest BCUT2D eigenvalue weighted by atomic mass is 10.4. The van der Waals surface area contributed by atoms with Crippen LogP contribution >= 0.6 is 0 Å². The molecule has 1 aliphatic rings. The average Bonchev–Trinajstić information content (AvgIpc) is 2.14. The molecule has 0 aromatic rings. The minimum atomic E-state index is 0.809. The molecular weight excluding hydrogens is 92.1 g/mol. The van der Waals surface area contributed by atoms with E-state index in [9.17, 15) is 4.91 Å². The third-order valence-electron chi connectivity index (χ3n) is 1.04. The fourth-order valence-electron chi connectivity index (χ4n) is 0.659. The van der Waals surface area contributed by atoms with Crippen molar-refractivity contribution >= 4 is 6.21 Å². The molecule has 0 atom stereocenters. The summed E-state index contributed by atoms with van der Waals surface area (Å²) in [6.07, 6.45) is 3.89. The maximum atomic E-state index is 9.65. The Morgan fingerprint density at radius 3 is 2.86 bits per heavy atom. The van der Waals surface area contributed by atoms with Gasteiger partial charge < -0.3 is 0 Å². The zero-order chi connectivity index (χ0) is 5.11. The van der Waals surface area contributed by atoms with Crippen LogP contribution in [0.1, 0.15) is 12.8 Å². The molecule has 1 rings (SSSR count). The van der Waals surface area contributed by atoms with Crippen molar-refractivity contribution < 1.29 is 4.68 Å².